The lowest BCUT2D eigenvalue weighted by molar-refractivity contribution is -0.124. The number of aliphatic hydroxyl groups excluding tert-OH is 1. The van der Waals surface area contributed by atoms with Gasteiger partial charge in [-0.1, -0.05) is 12.5 Å². The fraction of sp³-hybridized carbons (Fsp3) is 0.600. The van der Waals surface area contributed by atoms with Crippen molar-refractivity contribution in [3.8, 4) is 0 Å². The molecule has 19 heavy (non-hydrogen) atoms. The highest BCUT2D eigenvalue weighted by atomic mass is 16.3. The number of hydrogen-bond donors (Lipinski definition) is 2. The molecular formula is C15H20N2O2. The van der Waals surface area contributed by atoms with E-state index in [1.807, 2.05) is 12.1 Å². The Hall–Kier alpha value is -1.42. The van der Waals surface area contributed by atoms with Crippen molar-refractivity contribution in [2.45, 2.75) is 31.7 Å². The number of aromatic nitrogens is 1. The van der Waals surface area contributed by atoms with Gasteiger partial charge in [-0.2, -0.15) is 0 Å². The van der Waals surface area contributed by atoms with Crippen LogP contribution in [0.2, 0.25) is 0 Å². The minimum absolute atomic E-state index is 0.0251. The molecule has 0 bridgehead atoms. The first-order valence-electron chi connectivity index (χ1n) is 7.09. The average molecular weight is 260 g/mol. The Morgan fingerprint density at radius 2 is 2.26 bits per heavy atom. The van der Waals surface area contributed by atoms with E-state index in [0.717, 1.165) is 5.56 Å². The van der Waals surface area contributed by atoms with Gasteiger partial charge in [-0.3, -0.25) is 9.78 Å². The van der Waals surface area contributed by atoms with Crippen LogP contribution in [0.15, 0.2) is 24.5 Å². The molecule has 4 heteroatoms. The molecule has 4 atom stereocenters. The third kappa shape index (κ3) is 2.63. The van der Waals surface area contributed by atoms with E-state index in [4.69, 9.17) is 0 Å². The first kappa shape index (κ1) is 12.6. The van der Waals surface area contributed by atoms with Crippen molar-refractivity contribution in [3.05, 3.63) is 30.1 Å². The van der Waals surface area contributed by atoms with Crippen molar-refractivity contribution in [2.24, 2.45) is 17.8 Å². The number of nitrogens with zero attached hydrogens (tertiary/aromatic N) is 1. The van der Waals surface area contributed by atoms with E-state index in [1.54, 1.807) is 12.4 Å². The van der Waals surface area contributed by atoms with Gasteiger partial charge in [0.25, 0.3) is 0 Å². The van der Waals surface area contributed by atoms with Crippen LogP contribution in [0, 0.1) is 17.8 Å². The molecular weight excluding hydrogens is 240 g/mol. The highest BCUT2D eigenvalue weighted by molar-refractivity contribution is 5.82. The Balaban J connectivity index is 1.54. The molecule has 0 saturated heterocycles. The van der Waals surface area contributed by atoms with Crippen LogP contribution in [-0.2, 0) is 11.2 Å². The van der Waals surface area contributed by atoms with Gasteiger partial charge in [-0.25, -0.2) is 0 Å². The van der Waals surface area contributed by atoms with E-state index in [0.29, 0.717) is 18.3 Å². The normalized spacial score (nSPS) is 29.6. The second-order valence-corrected chi connectivity index (χ2v) is 5.74. The number of amides is 1. The third-order valence-electron chi connectivity index (χ3n) is 4.48. The molecule has 2 saturated carbocycles. The molecule has 102 valence electrons. The quantitative estimate of drug-likeness (QED) is 0.834. The summed E-state index contributed by atoms with van der Waals surface area (Å²) in [5.41, 5.74) is 1.04. The molecule has 1 unspecified atom stereocenters. The average Bonchev–Trinajstić information content (AvgIpc) is 2.93. The van der Waals surface area contributed by atoms with E-state index in [2.05, 4.69) is 10.3 Å². The molecule has 4 nitrogen and oxygen atoms in total. The first-order valence-corrected chi connectivity index (χ1v) is 7.09. The monoisotopic (exact) mass is 260 g/mol. The van der Waals surface area contributed by atoms with E-state index in [-0.39, 0.29) is 24.5 Å². The van der Waals surface area contributed by atoms with E-state index in [1.165, 1.54) is 19.3 Å². The predicted octanol–water partition coefficient (Wildman–Crippen LogP) is 1.15. The molecule has 2 aliphatic carbocycles. The standard InChI is InChI=1S/C15H20N2O2/c18-9-11(7-10-3-2-6-16-8-10)17-15(19)14-12-4-1-5-13(12)14/h2-3,6,8,11-14,18H,1,4-5,7,9H2,(H,17,19)/t11-,12-,13+,14?/m0/s1. The molecule has 2 N–H and O–H groups in total. The summed E-state index contributed by atoms with van der Waals surface area (Å²) in [6.07, 6.45) is 7.82. The smallest absolute Gasteiger partial charge is 0.223 e. The molecule has 0 aromatic carbocycles. The van der Waals surface area contributed by atoms with Crippen LogP contribution in [0.4, 0.5) is 0 Å². The van der Waals surface area contributed by atoms with E-state index in [9.17, 15) is 9.90 Å². The summed E-state index contributed by atoms with van der Waals surface area (Å²) in [5, 5.41) is 12.4. The van der Waals surface area contributed by atoms with E-state index < -0.39 is 0 Å². The topological polar surface area (TPSA) is 62.2 Å². The zero-order valence-corrected chi connectivity index (χ0v) is 11.0. The van der Waals surface area contributed by atoms with Gasteiger partial charge >= 0.3 is 0 Å². The molecule has 0 aliphatic heterocycles. The summed E-state index contributed by atoms with van der Waals surface area (Å²) in [7, 11) is 0. The summed E-state index contributed by atoms with van der Waals surface area (Å²) in [4.78, 5) is 16.2. The molecule has 0 spiro atoms. The molecule has 2 aliphatic rings. The van der Waals surface area contributed by atoms with Crippen molar-refractivity contribution >= 4 is 5.91 Å². The molecule has 1 amide bonds. The summed E-state index contributed by atoms with van der Waals surface area (Å²) in [5.74, 6) is 1.60. The number of aliphatic hydroxyl groups is 1. The lowest BCUT2D eigenvalue weighted by Crippen LogP contribution is -2.40. The zero-order valence-electron chi connectivity index (χ0n) is 11.0. The van der Waals surface area contributed by atoms with E-state index >= 15 is 0 Å². The van der Waals surface area contributed by atoms with Gasteiger partial charge < -0.3 is 10.4 Å². The Morgan fingerprint density at radius 1 is 1.47 bits per heavy atom. The molecule has 0 radical (unpaired) electrons. The second kappa shape index (κ2) is 5.29. The number of nitrogens with one attached hydrogen (secondary N) is 1. The Kier molecular flexibility index (Phi) is 3.51. The van der Waals surface area contributed by atoms with Crippen LogP contribution in [-0.4, -0.2) is 28.6 Å². The van der Waals surface area contributed by atoms with Crippen LogP contribution in [0.25, 0.3) is 0 Å². The Labute approximate surface area is 113 Å². The van der Waals surface area contributed by atoms with Crippen LogP contribution in [0.3, 0.4) is 0 Å². The predicted molar refractivity (Wildman–Crippen MR) is 71.3 cm³/mol. The molecule has 3 rings (SSSR count). The summed E-state index contributed by atoms with van der Waals surface area (Å²) >= 11 is 0. The zero-order chi connectivity index (χ0) is 13.2. The number of carbonyl (C=O) groups excluding carboxylic acids is 1. The summed E-state index contributed by atoms with van der Waals surface area (Å²) in [6, 6.07) is 3.64. The van der Waals surface area contributed by atoms with Crippen LogP contribution < -0.4 is 5.32 Å². The van der Waals surface area contributed by atoms with Gasteiger partial charge in [0.1, 0.15) is 0 Å². The second-order valence-electron chi connectivity index (χ2n) is 5.74. The summed E-state index contributed by atoms with van der Waals surface area (Å²) < 4.78 is 0. The van der Waals surface area contributed by atoms with Gasteiger partial charge in [0.2, 0.25) is 5.91 Å². The number of pyridine rings is 1. The highest BCUT2D eigenvalue weighted by Gasteiger charge is 2.56. The largest absolute Gasteiger partial charge is 0.394 e. The minimum atomic E-state index is -0.196. The van der Waals surface area contributed by atoms with Crippen molar-refractivity contribution in [1.82, 2.24) is 10.3 Å². The van der Waals surface area contributed by atoms with Gasteiger partial charge in [0.05, 0.1) is 12.6 Å². The van der Waals surface area contributed by atoms with Gasteiger partial charge in [0.15, 0.2) is 0 Å². The lowest BCUT2D eigenvalue weighted by Gasteiger charge is -2.17. The molecule has 1 heterocycles. The van der Waals surface area contributed by atoms with Gasteiger partial charge in [0, 0.05) is 18.3 Å². The number of carbonyl (C=O) groups is 1. The highest BCUT2D eigenvalue weighted by Crippen LogP contribution is 2.57. The Bertz CT molecular complexity index is 439. The fourth-order valence-corrected chi connectivity index (χ4v) is 3.47. The molecule has 2 fully saturated rings. The maximum atomic E-state index is 12.1. The van der Waals surface area contributed by atoms with Crippen LogP contribution in [0.1, 0.15) is 24.8 Å². The third-order valence-corrected chi connectivity index (χ3v) is 4.48. The Morgan fingerprint density at radius 3 is 2.89 bits per heavy atom. The number of fused-ring (bicyclic) bond motifs is 1. The minimum Gasteiger partial charge on any atom is -0.394 e. The van der Waals surface area contributed by atoms with Gasteiger partial charge in [-0.15, -0.1) is 0 Å². The van der Waals surface area contributed by atoms with Crippen LogP contribution in [0.5, 0.6) is 0 Å². The van der Waals surface area contributed by atoms with Crippen molar-refractivity contribution in [2.75, 3.05) is 6.61 Å². The van der Waals surface area contributed by atoms with Crippen molar-refractivity contribution in [1.29, 1.82) is 0 Å². The number of rotatable bonds is 5. The fourth-order valence-electron chi connectivity index (χ4n) is 3.47. The summed E-state index contributed by atoms with van der Waals surface area (Å²) in [6.45, 7) is -0.0251. The molecule has 1 aromatic heterocycles. The SMILES string of the molecule is O=C(N[C@H](CO)Cc1cccnc1)C1[C@H]2CCC[C@@H]12. The molecule has 1 aromatic rings. The van der Waals surface area contributed by atoms with Crippen LogP contribution >= 0.6 is 0 Å². The first-order chi connectivity index (χ1) is 9.29. The maximum absolute atomic E-state index is 12.1. The van der Waals surface area contributed by atoms with Crippen molar-refractivity contribution in [3.63, 3.8) is 0 Å². The van der Waals surface area contributed by atoms with Crippen molar-refractivity contribution < 1.29 is 9.90 Å². The maximum Gasteiger partial charge on any atom is 0.223 e. The lowest BCUT2D eigenvalue weighted by atomic mass is 10.1. The number of hydrogen-bond acceptors (Lipinski definition) is 3. The van der Waals surface area contributed by atoms with Gasteiger partial charge in [-0.05, 0) is 42.7 Å².